The molecule has 5 nitrogen and oxygen atoms in total. The molecule has 1 unspecified atom stereocenters. The normalized spacial score (nSPS) is 23.4. The average Bonchev–Trinajstić information content (AvgIpc) is 2.67. The van der Waals surface area contributed by atoms with Crippen molar-refractivity contribution < 1.29 is 9.59 Å². The Morgan fingerprint density at radius 1 is 0.966 bits per heavy atom. The van der Waals surface area contributed by atoms with Crippen molar-refractivity contribution >= 4 is 17.6 Å². The van der Waals surface area contributed by atoms with Crippen LogP contribution in [0.5, 0.6) is 0 Å². The molecule has 0 saturated carbocycles. The fourth-order valence-electron chi connectivity index (χ4n) is 4.83. The number of amides is 3. The molecule has 2 aromatic carbocycles. The Morgan fingerprint density at radius 3 is 2.38 bits per heavy atom. The van der Waals surface area contributed by atoms with Crippen molar-refractivity contribution in [2.24, 2.45) is 0 Å². The van der Waals surface area contributed by atoms with Gasteiger partial charge in [0.2, 0.25) is 0 Å². The summed E-state index contributed by atoms with van der Waals surface area (Å²) in [6.45, 7) is 3.98. The topological polar surface area (TPSA) is 61.4 Å². The molecular formula is C24H29N3O2. The van der Waals surface area contributed by atoms with E-state index in [4.69, 9.17) is 0 Å². The first-order chi connectivity index (χ1) is 14.0. The second-order valence-corrected chi connectivity index (χ2v) is 8.40. The van der Waals surface area contributed by atoms with Gasteiger partial charge in [0.15, 0.2) is 0 Å². The van der Waals surface area contributed by atoms with E-state index < -0.39 is 0 Å². The average molecular weight is 392 g/mol. The smallest absolute Gasteiger partial charge is 0.322 e. The van der Waals surface area contributed by atoms with Crippen molar-refractivity contribution in [3.05, 3.63) is 65.2 Å². The number of aryl methyl sites for hydroxylation is 2. The number of carbonyl (C=O) groups is 2. The molecule has 2 heterocycles. The summed E-state index contributed by atoms with van der Waals surface area (Å²) in [6.07, 6.45) is 4.76. The number of urea groups is 1. The SMILES string of the molecule is Cc1cccc(NC(=O)N2[C@@H]3CCC[C@H]2CC(NC(=O)c2ccccc2C)C3)c1. The number of piperidine rings is 2. The molecular weight excluding hydrogens is 362 g/mol. The molecule has 2 N–H and O–H groups in total. The number of hydrogen-bond donors (Lipinski definition) is 2. The minimum absolute atomic E-state index is 0.0103. The van der Waals surface area contributed by atoms with Gasteiger partial charge in [0.05, 0.1) is 0 Å². The predicted molar refractivity (Wildman–Crippen MR) is 115 cm³/mol. The van der Waals surface area contributed by atoms with Crippen LogP contribution in [0.4, 0.5) is 10.5 Å². The van der Waals surface area contributed by atoms with Crippen LogP contribution in [0.2, 0.25) is 0 Å². The van der Waals surface area contributed by atoms with Gasteiger partial charge in [0.25, 0.3) is 5.91 Å². The number of fused-ring (bicyclic) bond motifs is 2. The Labute approximate surface area is 172 Å². The molecule has 2 aromatic rings. The largest absolute Gasteiger partial charge is 0.349 e. The zero-order valence-corrected chi connectivity index (χ0v) is 17.2. The van der Waals surface area contributed by atoms with Crippen molar-refractivity contribution in [3.8, 4) is 0 Å². The maximum atomic E-state index is 13.0. The number of benzene rings is 2. The van der Waals surface area contributed by atoms with Gasteiger partial charge in [-0.25, -0.2) is 4.79 Å². The fraction of sp³-hybridized carbons (Fsp3) is 0.417. The van der Waals surface area contributed by atoms with E-state index in [-0.39, 0.29) is 30.1 Å². The number of rotatable bonds is 3. The van der Waals surface area contributed by atoms with Gasteiger partial charge in [0.1, 0.15) is 0 Å². The number of carbonyl (C=O) groups excluding carboxylic acids is 2. The van der Waals surface area contributed by atoms with Crippen LogP contribution in [-0.2, 0) is 0 Å². The van der Waals surface area contributed by atoms with Gasteiger partial charge in [-0.2, -0.15) is 0 Å². The van der Waals surface area contributed by atoms with E-state index in [1.807, 2.05) is 67.3 Å². The molecule has 3 atom stereocenters. The van der Waals surface area contributed by atoms with E-state index in [2.05, 4.69) is 10.6 Å². The van der Waals surface area contributed by atoms with Crippen molar-refractivity contribution in [1.29, 1.82) is 0 Å². The summed E-state index contributed by atoms with van der Waals surface area (Å²) >= 11 is 0. The van der Waals surface area contributed by atoms with Gasteiger partial charge in [-0.1, -0.05) is 30.3 Å². The highest BCUT2D eigenvalue weighted by Gasteiger charge is 2.41. The molecule has 0 spiro atoms. The lowest BCUT2D eigenvalue weighted by atomic mass is 9.82. The van der Waals surface area contributed by atoms with E-state index in [1.54, 1.807) is 0 Å². The zero-order valence-electron chi connectivity index (χ0n) is 17.2. The van der Waals surface area contributed by atoms with Crippen LogP contribution < -0.4 is 10.6 Å². The van der Waals surface area contributed by atoms with Gasteiger partial charge in [0, 0.05) is 29.4 Å². The van der Waals surface area contributed by atoms with Crippen LogP contribution in [0, 0.1) is 13.8 Å². The Morgan fingerprint density at radius 2 is 1.69 bits per heavy atom. The highest BCUT2D eigenvalue weighted by Crippen LogP contribution is 2.34. The van der Waals surface area contributed by atoms with Crippen LogP contribution in [-0.4, -0.2) is 35.0 Å². The third kappa shape index (κ3) is 4.29. The molecule has 2 saturated heterocycles. The Balaban J connectivity index is 1.43. The van der Waals surface area contributed by atoms with E-state index in [9.17, 15) is 9.59 Å². The van der Waals surface area contributed by atoms with Crippen molar-refractivity contribution in [3.63, 3.8) is 0 Å². The van der Waals surface area contributed by atoms with Gasteiger partial charge in [-0.05, 0) is 75.3 Å². The van der Waals surface area contributed by atoms with Gasteiger partial charge >= 0.3 is 6.03 Å². The number of nitrogens with zero attached hydrogens (tertiary/aromatic N) is 1. The lowest BCUT2D eigenvalue weighted by Crippen LogP contribution is -2.59. The van der Waals surface area contributed by atoms with Gasteiger partial charge in [-0.15, -0.1) is 0 Å². The molecule has 0 radical (unpaired) electrons. The summed E-state index contributed by atoms with van der Waals surface area (Å²) < 4.78 is 0. The highest BCUT2D eigenvalue weighted by atomic mass is 16.2. The molecule has 2 fully saturated rings. The van der Waals surface area contributed by atoms with Crippen LogP contribution in [0.15, 0.2) is 48.5 Å². The molecule has 0 aromatic heterocycles. The second-order valence-electron chi connectivity index (χ2n) is 8.40. The van der Waals surface area contributed by atoms with Crippen LogP contribution in [0.25, 0.3) is 0 Å². The summed E-state index contributed by atoms with van der Waals surface area (Å²) in [5.74, 6) is -0.0103. The van der Waals surface area contributed by atoms with E-state index in [0.717, 1.165) is 54.5 Å². The third-order valence-electron chi connectivity index (χ3n) is 6.20. The second kappa shape index (κ2) is 8.27. The van der Waals surface area contributed by atoms with Crippen molar-refractivity contribution in [2.75, 3.05) is 5.32 Å². The summed E-state index contributed by atoms with van der Waals surface area (Å²) in [5.41, 5.74) is 3.68. The van der Waals surface area contributed by atoms with E-state index >= 15 is 0 Å². The lowest BCUT2D eigenvalue weighted by Gasteiger charge is -2.48. The first-order valence-electron chi connectivity index (χ1n) is 10.5. The molecule has 2 aliphatic heterocycles. The first-order valence-corrected chi connectivity index (χ1v) is 10.5. The Kier molecular flexibility index (Phi) is 5.56. The Hall–Kier alpha value is -2.82. The minimum atomic E-state index is -0.0195. The quantitative estimate of drug-likeness (QED) is 0.800. The highest BCUT2D eigenvalue weighted by molar-refractivity contribution is 5.95. The number of hydrogen-bond acceptors (Lipinski definition) is 2. The van der Waals surface area contributed by atoms with E-state index in [1.165, 1.54) is 0 Å². The van der Waals surface area contributed by atoms with Crippen molar-refractivity contribution in [1.82, 2.24) is 10.2 Å². The Bertz CT molecular complexity index is 897. The number of anilines is 1. The van der Waals surface area contributed by atoms with Crippen LogP contribution in [0.3, 0.4) is 0 Å². The van der Waals surface area contributed by atoms with Crippen molar-refractivity contribution in [2.45, 2.75) is 64.1 Å². The molecule has 0 aliphatic carbocycles. The maximum absolute atomic E-state index is 13.0. The summed E-state index contributed by atoms with van der Waals surface area (Å²) in [4.78, 5) is 27.8. The fourth-order valence-corrected chi connectivity index (χ4v) is 4.83. The third-order valence-corrected chi connectivity index (χ3v) is 6.20. The molecule has 5 heteroatoms. The predicted octanol–water partition coefficient (Wildman–Crippen LogP) is 4.65. The first kappa shape index (κ1) is 19.5. The summed E-state index contributed by atoms with van der Waals surface area (Å²) in [5, 5.41) is 6.29. The van der Waals surface area contributed by atoms with Crippen LogP contribution >= 0.6 is 0 Å². The molecule has 2 aliphatic rings. The van der Waals surface area contributed by atoms with Gasteiger partial charge in [-0.3, -0.25) is 4.79 Å². The summed E-state index contributed by atoms with van der Waals surface area (Å²) in [7, 11) is 0. The standard InChI is InChI=1S/C24H29N3O2/c1-16-7-5-9-18(13-16)26-24(29)27-20-10-6-11-21(27)15-19(14-20)25-23(28)22-12-4-3-8-17(22)2/h3-5,7-9,12-13,19-21H,6,10-11,14-15H2,1-2H3,(H,25,28)(H,26,29)/t19?,20-,21+. The van der Waals surface area contributed by atoms with Gasteiger partial charge < -0.3 is 15.5 Å². The molecule has 2 bridgehead atoms. The lowest BCUT2D eigenvalue weighted by molar-refractivity contribution is 0.0577. The maximum Gasteiger partial charge on any atom is 0.322 e. The zero-order chi connectivity index (χ0) is 20.4. The summed E-state index contributed by atoms with van der Waals surface area (Å²) in [6, 6.07) is 16.0. The number of nitrogens with one attached hydrogen (secondary N) is 2. The molecule has 4 rings (SSSR count). The molecule has 152 valence electrons. The molecule has 3 amide bonds. The van der Waals surface area contributed by atoms with Crippen LogP contribution in [0.1, 0.15) is 53.6 Å². The monoisotopic (exact) mass is 391 g/mol. The minimum Gasteiger partial charge on any atom is -0.349 e. The van der Waals surface area contributed by atoms with E-state index in [0.29, 0.717) is 0 Å². The molecule has 29 heavy (non-hydrogen) atoms.